The summed E-state index contributed by atoms with van der Waals surface area (Å²) in [4.78, 5) is 26.7. The summed E-state index contributed by atoms with van der Waals surface area (Å²) in [6, 6.07) is 12.9. The molecule has 2 fully saturated rings. The van der Waals surface area contributed by atoms with Crippen molar-refractivity contribution in [1.82, 2.24) is 24.7 Å². The van der Waals surface area contributed by atoms with Crippen LogP contribution < -0.4 is 10.1 Å². The third-order valence-corrected chi connectivity index (χ3v) is 9.35. The van der Waals surface area contributed by atoms with Gasteiger partial charge in [-0.15, -0.1) is 0 Å². The summed E-state index contributed by atoms with van der Waals surface area (Å²) in [5.41, 5.74) is 1.63. The lowest BCUT2D eigenvalue weighted by Gasteiger charge is -2.35. The number of pyridine rings is 1. The van der Waals surface area contributed by atoms with E-state index in [0.717, 1.165) is 30.3 Å². The van der Waals surface area contributed by atoms with Crippen LogP contribution in [-0.2, 0) is 29.6 Å². The van der Waals surface area contributed by atoms with Gasteiger partial charge in [-0.05, 0) is 66.1 Å². The summed E-state index contributed by atoms with van der Waals surface area (Å²) in [7, 11) is 2.00. The maximum absolute atomic E-state index is 14.1. The van der Waals surface area contributed by atoms with Crippen LogP contribution in [0, 0.1) is 0 Å². The van der Waals surface area contributed by atoms with Crippen molar-refractivity contribution in [3.63, 3.8) is 0 Å². The van der Waals surface area contributed by atoms with Crippen LogP contribution in [0.15, 0.2) is 54.7 Å². The van der Waals surface area contributed by atoms with Gasteiger partial charge in [-0.1, -0.05) is 19.1 Å². The molecule has 0 radical (unpaired) electrons. The highest BCUT2D eigenvalue weighted by Gasteiger charge is 2.40. The van der Waals surface area contributed by atoms with Gasteiger partial charge >= 0.3 is 12.2 Å². The lowest BCUT2D eigenvalue weighted by molar-refractivity contribution is -0.186. The van der Waals surface area contributed by atoms with E-state index in [9.17, 15) is 23.1 Å². The van der Waals surface area contributed by atoms with Gasteiger partial charge in [0, 0.05) is 57.7 Å². The highest BCUT2D eigenvalue weighted by atomic mass is 19.4. The molecule has 2 aromatic carbocycles. The molecule has 3 N–H and O–H groups in total. The number of nitrogens with zero attached hydrogens (tertiary/aromatic N) is 4. The molecule has 0 unspecified atom stereocenters. The summed E-state index contributed by atoms with van der Waals surface area (Å²) in [5.74, 6) is 1.11. The Hall–Kier alpha value is -4.17. The second-order valence-electron chi connectivity index (χ2n) is 12.9. The number of aromatic nitrogens is 2. The smallest absolute Gasteiger partial charge is 0.416 e. The normalized spacial score (nSPS) is 20.1. The first-order valence-electron chi connectivity index (χ1n) is 15.7. The number of nitrogens with one attached hydrogen (secondary N) is 2. The molecule has 0 bridgehead atoms. The molecule has 7 rings (SSSR count). The lowest BCUT2D eigenvalue weighted by Crippen LogP contribution is -2.46. The Morgan fingerprint density at radius 3 is 2.64 bits per heavy atom. The number of carbonyl (C=O) groups is 1. The molecule has 3 aliphatic heterocycles. The van der Waals surface area contributed by atoms with E-state index < -0.39 is 23.4 Å². The number of rotatable bonds is 6. The van der Waals surface area contributed by atoms with Gasteiger partial charge in [-0.2, -0.15) is 13.2 Å². The van der Waals surface area contributed by atoms with Crippen LogP contribution in [0.2, 0.25) is 0 Å². The van der Waals surface area contributed by atoms with Gasteiger partial charge in [0.15, 0.2) is 5.60 Å². The number of anilines is 1. The number of alkyl halides is 3. The van der Waals surface area contributed by atoms with E-state index in [-0.39, 0.29) is 43.5 Å². The molecule has 0 aliphatic carbocycles. The second-order valence-corrected chi connectivity index (χ2v) is 12.9. The van der Waals surface area contributed by atoms with Crippen LogP contribution in [-0.4, -0.2) is 88.8 Å². The number of carbonyl (C=O) groups excluding carboxylic acids is 1. The van der Waals surface area contributed by atoms with Crippen LogP contribution in [0.5, 0.6) is 11.5 Å². The summed E-state index contributed by atoms with van der Waals surface area (Å²) >= 11 is 0. The SMILES string of the molecule is C[C@H]1CN(C(=O)Nc2ccc(CN3CCN(C)CC3)c(C(F)(F)F)c2)Cc2cc(Oc3ccnc4[nH]c(C5(O)COC5)cc34)ccc21. The zero-order valence-corrected chi connectivity index (χ0v) is 26.2. The Balaban J connectivity index is 1.06. The molecule has 0 spiro atoms. The maximum atomic E-state index is 14.1. The fourth-order valence-corrected chi connectivity index (χ4v) is 6.54. The molecule has 2 aromatic heterocycles. The van der Waals surface area contributed by atoms with E-state index in [1.165, 1.54) is 6.07 Å². The number of halogens is 3. The molecule has 3 aliphatic rings. The van der Waals surface area contributed by atoms with Crippen molar-refractivity contribution in [2.75, 3.05) is 58.3 Å². The van der Waals surface area contributed by atoms with Gasteiger partial charge in [0.25, 0.3) is 0 Å². The van der Waals surface area contributed by atoms with Gasteiger partial charge < -0.3 is 34.7 Å². The number of benzene rings is 2. The van der Waals surface area contributed by atoms with E-state index in [1.807, 2.05) is 43.1 Å². The van der Waals surface area contributed by atoms with Gasteiger partial charge in [-0.25, -0.2) is 9.78 Å². The number of piperazine rings is 1. The van der Waals surface area contributed by atoms with E-state index in [1.54, 1.807) is 23.2 Å². The van der Waals surface area contributed by atoms with Gasteiger partial charge in [-0.3, -0.25) is 4.90 Å². The van der Waals surface area contributed by atoms with Crippen molar-refractivity contribution in [2.24, 2.45) is 0 Å². The summed E-state index contributed by atoms with van der Waals surface area (Å²) < 4.78 is 53.8. The van der Waals surface area contributed by atoms with Crippen LogP contribution in [0.4, 0.5) is 23.7 Å². The largest absolute Gasteiger partial charge is 0.457 e. The zero-order chi connectivity index (χ0) is 32.9. The van der Waals surface area contributed by atoms with Crippen LogP contribution in [0.3, 0.4) is 0 Å². The number of hydrogen-bond acceptors (Lipinski definition) is 7. The molecule has 2 amide bonds. The highest BCUT2D eigenvalue weighted by Crippen LogP contribution is 2.38. The quantitative estimate of drug-likeness (QED) is 0.254. The Morgan fingerprint density at radius 2 is 1.91 bits per heavy atom. The minimum Gasteiger partial charge on any atom is -0.457 e. The minimum atomic E-state index is -4.55. The first kappa shape index (κ1) is 31.4. The molecule has 5 heterocycles. The number of hydrogen-bond donors (Lipinski definition) is 3. The number of H-pyrrole nitrogens is 1. The standard InChI is InChI=1S/C34H37F3N6O4/c1-21-16-43(32(44)39-24-4-3-22(28(14-24)34(35,36)37)17-42-11-9-41(2)10-12-42)18-23-13-25(5-6-26(21)23)47-29-7-8-38-31-27(29)15-30(40-31)33(45)19-46-20-33/h3-8,13-15,21,45H,9-12,16-20H2,1-2H3,(H,38,40)(H,39,44)/t21-/m0/s1. The number of amides is 2. The van der Waals surface area contributed by atoms with Crippen LogP contribution in [0.1, 0.15) is 40.8 Å². The highest BCUT2D eigenvalue weighted by molar-refractivity contribution is 5.90. The fourth-order valence-electron chi connectivity index (χ4n) is 6.54. The van der Waals surface area contributed by atoms with Crippen molar-refractivity contribution in [3.8, 4) is 11.5 Å². The molecule has 4 aromatic rings. The van der Waals surface area contributed by atoms with E-state index >= 15 is 0 Å². The maximum Gasteiger partial charge on any atom is 0.416 e. The van der Waals surface area contributed by atoms with Crippen molar-refractivity contribution >= 4 is 22.8 Å². The number of ether oxygens (including phenoxy) is 2. The number of aliphatic hydroxyl groups is 1. The first-order chi connectivity index (χ1) is 22.4. The molecule has 47 heavy (non-hydrogen) atoms. The molecule has 0 saturated carbocycles. The van der Waals surface area contributed by atoms with E-state index in [2.05, 4.69) is 20.2 Å². The molecular weight excluding hydrogens is 613 g/mol. The van der Waals surface area contributed by atoms with E-state index in [0.29, 0.717) is 47.9 Å². The molecule has 248 valence electrons. The Bertz CT molecular complexity index is 1800. The lowest BCUT2D eigenvalue weighted by atomic mass is 9.91. The van der Waals surface area contributed by atoms with Crippen molar-refractivity contribution < 1.29 is 32.5 Å². The first-order valence-corrected chi connectivity index (χ1v) is 15.7. The fraction of sp³-hybridized carbons (Fsp3) is 0.412. The monoisotopic (exact) mass is 650 g/mol. The van der Waals surface area contributed by atoms with Crippen LogP contribution >= 0.6 is 0 Å². The minimum absolute atomic E-state index is 0.000512. The zero-order valence-electron chi connectivity index (χ0n) is 26.2. The topological polar surface area (TPSA) is 106 Å². The Labute approximate surface area is 270 Å². The number of likely N-dealkylation sites (N-methyl/N-ethyl adjacent to an activating group) is 1. The molecule has 13 heteroatoms. The third kappa shape index (κ3) is 6.40. The van der Waals surface area contributed by atoms with Gasteiger partial charge in [0.1, 0.15) is 17.1 Å². The Morgan fingerprint density at radius 1 is 1.13 bits per heavy atom. The molecule has 10 nitrogen and oxygen atoms in total. The van der Waals surface area contributed by atoms with E-state index in [4.69, 9.17) is 9.47 Å². The number of urea groups is 1. The molecule has 1 atom stereocenters. The number of fused-ring (bicyclic) bond motifs is 2. The van der Waals surface area contributed by atoms with Crippen molar-refractivity contribution in [2.45, 2.75) is 37.7 Å². The van der Waals surface area contributed by atoms with Crippen molar-refractivity contribution in [1.29, 1.82) is 0 Å². The van der Waals surface area contributed by atoms with Gasteiger partial charge in [0.2, 0.25) is 0 Å². The van der Waals surface area contributed by atoms with Crippen molar-refractivity contribution in [3.05, 3.63) is 82.7 Å². The third-order valence-electron chi connectivity index (χ3n) is 9.35. The van der Waals surface area contributed by atoms with Gasteiger partial charge in [0.05, 0.1) is 29.9 Å². The summed E-state index contributed by atoms with van der Waals surface area (Å²) in [5, 5.41) is 14.1. The average molecular weight is 651 g/mol. The molecular formula is C34H37F3N6O4. The van der Waals surface area contributed by atoms with Crippen LogP contribution in [0.25, 0.3) is 11.0 Å². The predicted molar refractivity (Wildman–Crippen MR) is 169 cm³/mol. The average Bonchev–Trinajstić information content (AvgIpc) is 3.47. The summed E-state index contributed by atoms with van der Waals surface area (Å²) in [6.07, 6.45) is -2.93. The Kier molecular flexibility index (Phi) is 8.11. The second kappa shape index (κ2) is 12.1. The predicted octanol–water partition coefficient (Wildman–Crippen LogP) is 5.49. The number of aromatic amines is 1. The summed E-state index contributed by atoms with van der Waals surface area (Å²) in [6.45, 7) is 6.32. The molecule has 2 saturated heterocycles.